The van der Waals surface area contributed by atoms with Crippen molar-refractivity contribution in [3.8, 4) is 5.75 Å². The largest absolute Gasteiger partial charge is 0.494 e. The fourth-order valence-corrected chi connectivity index (χ4v) is 3.58. The molecule has 144 valence electrons. The van der Waals surface area contributed by atoms with Gasteiger partial charge in [-0.1, -0.05) is 25.0 Å². The van der Waals surface area contributed by atoms with Gasteiger partial charge in [0.15, 0.2) is 0 Å². The van der Waals surface area contributed by atoms with E-state index in [0.717, 1.165) is 34.7 Å². The number of aryl methyl sites for hydroxylation is 1. The van der Waals surface area contributed by atoms with Gasteiger partial charge in [-0.05, 0) is 61.2 Å². The quantitative estimate of drug-likeness (QED) is 0.661. The van der Waals surface area contributed by atoms with Crippen LogP contribution in [0.4, 0.5) is 0 Å². The maximum Gasteiger partial charge on any atom is 0.307 e. The Bertz CT molecular complexity index is 1030. The van der Waals surface area contributed by atoms with Crippen LogP contribution in [0.2, 0.25) is 0 Å². The number of nitrogens with zero attached hydrogens (tertiary/aromatic N) is 1. The van der Waals surface area contributed by atoms with Crippen molar-refractivity contribution < 1.29 is 19.4 Å². The van der Waals surface area contributed by atoms with E-state index >= 15 is 0 Å². The normalized spacial score (nSPS) is 13.6. The molecule has 1 heterocycles. The maximum atomic E-state index is 13.1. The van der Waals surface area contributed by atoms with Crippen LogP contribution in [0.1, 0.15) is 40.9 Å². The minimum absolute atomic E-state index is 0.0676. The molecule has 0 spiro atoms. The Labute approximate surface area is 163 Å². The van der Waals surface area contributed by atoms with Gasteiger partial charge in [0.1, 0.15) is 5.75 Å². The van der Waals surface area contributed by atoms with Gasteiger partial charge in [0.2, 0.25) is 0 Å². The van der Waals surface area contributed by atoms with Crippen molar-refractivity contribution in [3.63, 3.8) is 0 Å². The molecule has 0 atom stereocenters. The smallest absolute Gasteiger partial charge is 0.307 e. The minimum Gasteiger partial charge on any atom is -0.494 e. The van der Waals surface area contributed by atoms with E-state index in [0.29, 0.717) is 17.7 Å². The molecule has 0 radical (unpaired) electrons. The zero-order chi connectivity index (χ0) is 19.7. The summed E-state index contributed by atoms with van der Waals surface area (Å²) in [6.45, 7) is 2.57. The second-order valence-corrected chi connectivity index (χ2v) is 7.45. The van der Waals surface area contributed by atoms with Crippen molar-refractivity contribution in [1.82, 2.24) is 4.57 Å². The Balaban J connectivity index is 1.57. The fraction of sp³-hybridized carbons (Fsp3) is 0.304. The van der Waals surface area contributed by atoms with E-state index in [-0.39, 0.29) is 12.3 Å². The number of hydrogen-bond donors (Lipinski definition) is 1. The number of ether oxygens (including phenoxy) is 1. The standard InChI is InChI=1S/C23H23NO4/c1-15-13-20-18(14-22(25)26)3-2-4-21(20)24(15)23(27)17-7-9-19(10-8-17)28-12-11-16-5-6-16/h2-4,7-10,13,16H,5-6,11-12,14H2,1H3,(H,25,26). The molecule has 0 bridgehead atoms. The van der Waals surface area contributed by atoms with E-state index in [9.17, 15) is 9.59 Å². The second-order valence-electron chi connectivity index (χ2n) is 7.45. The average molecular weight is 377 g/mol. The third-order valence-electron chi connectivity index (χ3n) is 5.26. The van der Waals surface area contributed by atoms with Crippen LogP contribution in [0.3, 0.4) is 0 Å². The number of aliphatic carboxylic acids is 1. The molecule has 1 aliphatic carbocycles. The summed E-state index contributed by atoms with van der Waals surface area (Å²) in [7, 11) is 0. The van der Waals surface area contributed by atoms with Crippen molar-refractivity contribution in [1.29, 1.82) is 0 Å². The molecule has 5 heteroatoms. The lowest BCUT2D eigenvalue weighted by Crippen LogP contribution is -2.13. The summed E-state index contributed by atoms with van der Waals surface area (Å²) in [6, 6.07) is 14.5. The monoisotopic (exact) mass is 377 g/mol. The van der Waals surface area contributed by atoms with Gasteiger partial charge < -0.3 is 9.84 Å². The third kappa shape index (κ3) is 3.79. The predicted octanol–water partition coefficient (Wildman–Crippen LogP) is 4.44. The Hall–Kier alpha value is -3.08. The zero-order valence-corrected chi connectivity index (χ0v) is 15.9. The molecule has 5 nitrogen and oxygen atoms in total. The lowest BCUT2D eigenvalue weighted by molar-refractivity contribution is -0.136. The fourth-order valence-electron chi connectivity index (χ4n) is 3.58. The highest BCUT2D eigenvalue weighted by Crippen LogP contribution is 2.32. The first kappa shape index (κ1) is 18.3. The number of benzene rings is 2. The summed E-state index contributed by atoms with van der Waals surface area (Å²) in [5.41, 5.74) is 2.78. The molecule has 4 rings (SSSR count). The number of hydrogen-bond acceptors (Lipinski definition) is 3. The number of carboxylic acid groups (broad SMARTS) is 1. The van der Waals surface area contributed by atoms with E-state index in [1.54, 1.807) is 28.8 Å². The Kier molecular flexibility index (Phi) is 4.90. The molecular formula is C23H23NO4. The number of carbonyl (C=O) groups is 2. The Morgan fingerprint density at radius 1 is 1.14 bits per heavy atom. The molecule has 28 heavy (non-hydrogen) atoms. The van der Waals surface area contributed by atoms with Crippen LogP contribution in [0.15, 0.2) is 48.5 Å². The van der Waals surface area contributed by atoms with Crippen LogP contribution in [0, 0.1) is 12.8 Å². The van der Waals surface area contributed by atoms with Crippen molar-refractivity contribution in [2.45, 2.75) is 32.6 Å². The van der Waals surface area contributed by atoms with Gasteiger partial charge in [-0.25, -0.2) is 0 Å². The molecule has 1 saturated carbocycles. The molecule has 0 aliphatic heterocycles. The van der Waals surface area contributed by atoms with Gasteiger partial charge in [0, 0.05) is 16.6 Å². The highest BCUT2D eigenvalue weighted by molar-refractivity contribution is 6.04. The van der Waals surface area contributed by atoms with Gasteiger partial charge >= 0.3 is 5.97 Å². The molecular weight excluding hydrogens is 354 g/mol. The number of aromatic nitrogens is 1. The minimum atomic E-state index is -0.887. The molecule has 1 fully saturated rings. The number of rotatable bonds is 7. The average Bonchev–Trinajstić information content (AvgIpc) is 3.42. The van der Waals surface area contributed by atoms with Crippen LogP contribution >= 0.6 is 0 Å². The van der Waals surface area contributed by atoms with Crippen LogP contribution in [0.5, 0.6) is 5.75 Å². The molecule has 3 aromatic rings. The summed E-state index contributed by atoms with van der Waals surface area (Å²) in [5.74, 6) is 0.581. The van der Waals surface area contributed by atoms with E-state index in [1.807, 2.05) is 31.2 Å². The molecule has 0 unspecified atom stereocenters. The predicted molar refractivity (Wildman–Crippen MR) is 107 cm³/mol. The topological polar surface area (TPSA) is 68.5 Å². The summed E-state index contributed by atoms with van der Waals surface area (Å²) in [5, 5.41) is 9.93. The number of carboxylic acids is 1. The van der Waals surface area contributed by atoms with Crippen molar-refractivity contribution in [2.75, 3.05) is 6.61 Å². The van der Waals surface area contributed by atoms with Gasteiger partial charge in [0.25, 0.3) is 5.91 Å². The Morgan fingerprint density at radius 3 is 2.57 bits per heavy atom. The lowest BCUT2D eigenvalue weighted by Gasteiger charge is -2.09. The second kappa shape index (κ2) is 7.50. The molecule has 1 N–H and O–H groups in total. The summed E-state index contributed by atoms with van der Waals surface area (Å²) in [6.07, 6.45) is 3.65. The van der Waals surface area contributed by atoms with E-state index in [2.05, 4.69) is 0 Å². The first-order chi connectivity index (χ1) is 13.5. The third-order valence-corrected chi connectivity index (χ3v) is 5.26. The summed E-state index contributed by atoms with van der Waals surface area (Å²) in [4.78, 5) is 24.2. The van der Waals surface area contributed by atoms with Crippen LogP contribution in [-0.2, 0) is 11.2 Å². The van der Waals surface area contributed by atoms with Crippen molar-refractivity contribution in [2.24, 2.45) is 5.92 Å². The van der Waals surface area contributed by atoms with Gasteiger partial charge in [-0.2, -0.15) is 0 Å². The highest BCUT2D eigenvalue weighted by Gasteiger charge is 2.21. The molecule has 1 aliphatic rings. The lowest BCUT2D eigenvalue weighted by atomic mass is 10.1. The van der Waals surface area contributed by atoms with Gasteiger partial charge in [-0.3, -0.25) is 14.2 Å². The van der Waals surface area contributed by atoms with Crippen molar-refractivity contribution in [3.05, 3.63) is 65.4 Å². The van der Waals surface area contributed by atoms with Crippen LogP contribution in [0.25, 0.3) is 10.9 Å². The summed E-state index contributed by atoms with van der Waals surface area (Å²) < 4.78 is 7.40. The van der Waals surface area contributed by atoms with E-state index in [1.165, 1.54) is 12.8 Å². The molecule has 1 aromatic heterocycles. The zero-order valence-electron chi connectivity index (χ0n) is 15.9. The van der Waals surface area contributed by atoms with Crippen LogP contribution < -0.4 is 4.74 Å². The number of carbonyl (C=O) groups excluding carboxylic acids is 1. The molecule has 0 saturated heterocycles. The first-order valence-corrected chi connectivity index (χ1v) is 9.62. The number of fused-ring (bicyclic) bond motifs is 1. The highest BCUT2D eigenvalue weighted by atomic mass is 16.5. The first-order valence-electron chi connectivity index (χ1n) is 9.62. The molecule has 0 amide bonds. The summed E-state index contributed by atoms with van der Waals surface area (Å²) >= 11 is 0. The molecule has 2 aromatic carbocycles. The van der Waals surface area contributed by atoms with Gasteiger partial charge in [0.05, 0.1) is 18.5 Å². The van der Waals surface area contributed by atoms with Gasteiger partial charge in [-0.15, -0.1) is 0 Å². The maximum absolute atomic E-state index is 13.1. The van der Waals surface area contributed by atoms with Crippen LogP contribution in [-0.4, -0.2) is 28.2 Å². The van der Waals surface area contributed by atoms with E-state index in [4.69, 9.17) is 9.84 Å². The SMILES string of the molecule is Cc1cc2c(CC(=O)O)cccc2n1C(=O)c1ccc(OCCC2CC2)cc1. The van der Waals surface area contributed by atoms with Crippen molar-refractivity contribution >= 4 is 22.8 Å². The van der Waals surface area contributed by atoms with E-state index < -0.39 is 5.97 Å². The Morgan fingerprint density at radius 2 is 1.89 bits per heavy atom.